The Morgan fingerprint density at radius 1 is 0.758 bits per heavy atom. The molecule has 0 spiro atoms. The lowest BCUT2D eigenvalue weighted by Crippen LogP contribution is -2.40. The van der Waals surface area contributed by atoms with Crippen molar-refractivity contribution < 1.29 is 35.8 Å². The van der Waals surface area contributed by atoms with Crippen LogP contribution in [0.3, 0.4) is 0 Å². The normalized spacial score (nSPS) is 17.8. The van der Waals surface area contributed by atoms with Crippen molar-refractivity contribution in [3.8, 4) is 11.5 Å². The molecule has 0 aliphatic carbocycles. The molecule has 2 aliphatic heterocycles. The van der Waals surface area contributed by atoms with Crippen LogP contribution in [0.25, 0.3) is 0 Å². The lowest BCUT2D eigenvalue weighted by molar-refractivity contribution is -0.0460. The van der Waals surface area contributed by atoms with Gasteiger partial charge < -0.3 is 14.2 Å². The van der Waals surface area contributed by atoms with Gasteiger partial charge in [0.05, 0.1) is 13.2 Å². The van der Waals surface area contributed by atoms with Crippen LogP contribution in [0.1, 0.15) is 11.1 Å². The summed E-state index contributed by atoms with van der Waals surface area (Å²) in [5.41, 5.74) is 0.703. The van der Waals surface area contributed by atoms with Gasteiger partial charge in [-0.05, 0) is 48.5 Å². The van der Waals surface area contributed by atoms with Crippen LogP contribution in [0.2, 0.25) is 0 Å². The standard InChI is InChI=1S/C23H18F3NO5S/c24-17-5-1-15(2-6-17)23(16-3-7-18(25)8-4-16)31-20-13-19(26)22(14-21(20)32-23)33(28,29)27-9-11-30-12-10-27/h1-8,13-14H,9-12H2. The highest BCUT2D eigenvalue weighted by molar-refractivity contribution is 7.89. The van der Waals surface area contributed by atoms with Gasteiger partial charge in [0.15, 0.2) is 11.5 Å². The van der Waals surface area contributed by atoms with Gasteiger partial charge in [-0.3, -0.25) is 0 Å². The summed E-state index contributed by atoms with van der Waals surface area (Å²) >= 11 is 0. The number of nitrogens with zero attached hydrogens (tertiary/aromatic N) is 1. The molecule has 1 fully saturated rings. The van der Waals surface area contributed by atoms with Crippen molar-refractivity contribution in [2.45, 2.75) is 10.7 Å². The topological polar surface area (TPSA) is 65.1 Å². The summed E-state index contributed by atoms with van der Waals surface area (Å²) in [6, 6.07) is 12.5. The summed E-state index contributed by atoms with van der Waals surface area (Å²) in [5, 5.41) is 0. The van der Waals surface area contributed by atoms with Crippen LogP contribution < -0.4 is 9.47 Å². The lowest BCUT2D eigenvalue weighted by atomic mass is 9.97. The number of rotatable bonds is 4. The van der Waals surface area contributed by atoms with E-state index in [9.17, 15) is 21.6 Å². The highest BCUT2D eigenvalue weighted by Gasteiger charge is 2.46. The average Bonchev–Trinajstić information content (AvgIpc) is 3.19. The first-order valence-corrected chi connectivity index (χ1v) is 11.6. The Bertz CT molecular complexity index is 1250. The van der Waals surface area contributed by atoms with Crippen molar-refractivity contribution in [3.05, 3.63) is 89.2 Å². The molecule has 0 amide bonds. The molecule has 0 bridgehead atoms. The van der Waals surface area contributed by atoms with Crippen molar-refractivity contribution in [2.75, 3.05) is 26.3 Å². The minimum atomic E-state index is -4.15. The number of hydrogen-bond donors (Lipinski definition) is 0. The summed E-state index contributed by atoms with van der Waals surface area (Å²) in [7, 11) is -4.15. The SMILES string of the molecule is O=S(=O)(c1cc2c(cc1F)OC(c1ccc(F)cc1)(c1ccc(F)cc1)O2)N1CCOCC1. The molecule has 2 aliphatic rings. The first-order chi connectivity index (χ1) is 15.8. The molecular weight excluding hydrogens is 459 g/mol. The van der Waals surface area contributed by atoms with E-state index in [-0.39, 0.29) is 37.8 Å². The Morgan fingerprint density at radius 3 is 1.76 bits per heavy atom. The van der Waals surface area contributed by atoms with E-state index in [2.05, 4.69) is 0 Å². The number of ether oxygens (including phenoxy) is 3. The Kier molecular flexibility index (Phi) is 5.31. The molecule has 5 rings (SSSR count). The van der Waals surface area contributed by atoms with Gasteiger partial charge in [0, 0.05) is 36.3 Å². The first kappa shape index (κ1) is 21.7. The van der Waals surface area contributed by atoms with E-state index in [0.29, 0.717) is 11.1 Å². The van der Waals surface area contributed by atoms with E-state index in [4.69, 9.17) is 14.2 Å². The Hall–Kier alpha value is -3.08. The second-order valence-electron chi connectivity index (χ2n) is 7.58. The number of halogens is 3. The van der Waals surface area contributed by atoms with Crippen molar-refractivity contribution in [2.24, 2.45) is 0 Å². The zero-order valence-electron chi connectivity index (χ0n) is 17.1. The molecule has 33 heavy (non-hydrogen) atoms. The molecule has 6 nitrogen and oxygen atoms in total. The Labute approximate surface area is 188 Å². The fourth-order valence-electron chi connectivity index (χ4n) is 3.87. The average molecular weight is 477 g/mol. The molecule has 0 unspecified atom stereocenters. The summed E-state index contributed by atoms with van der Waals surface area (Å²) in [6.45, 7) is 0.629. The molecule has 3 aromatic rings. The third kappa shape index (κ3) is 3.73. The van der Waals surface area contributed by atoms with Crippen molar-refractivity contribution in [1.29, 1.82) is 0 Å². The molecule has 10 heteroatoms. The summed E-state index contributed by atoms with van der Waals surface area (Å²) in [4.78, 5) is -0.555. The van der Waals surface area contributed by atoms with E-state index < -0.39 is 38.2 Å². The molecule has 0 N–H and O–H groups in total. The smallest absolute Gasteiger partial charge is 0.305 e. The highest BCUT2D eigenvalue weighted by atomic mass is 32.2. The molecular formula is C23H18F3NO5S. The molecule has 3 aromatic carbocycles. The van der Waals surface area contributed by atoms with E-state index >= 15 is 0 Å². The third-order valence-corrected chi connectivity index (χ3v) is 7.46. The Morgan fingerprint density at radius 2 is 1.24 bits per heavy atom. The summed E-state index contributed by atoms with van der Waals surface area (Å²) < 4.78 is 86.6. The molecule has 0 radical (unpaired) electrons. The predicted molar refractivity (Wildman–Crippen MR) is 111 cm³/mol. The fourth-order valence-corrected chi connectivity index (χ4v) is 5.34. The molecule has 1 saturated heterocycles. The first-order valence-electron chi connectivity index (χ1n) is 10.1. The van der Waals surface area contributed by atoms with E-state index in [1.807, 2.05) is 0 Å². The van der Waals surface area contributed by atoms with Gasteiger partial charge in [0.2, 0.25) is 10.0 Å². The fraction of sp³-hybridized carbons (Fsp3) is 0.217. The molecule has 172 valence electrons. The van der Waals surface area contributed by atoms with Crippen LogP contribution >= 0.6 is 0 Å². The number of benzene rings is 3. The Balaban J connectivity index is 1.60. The maximum Gasteiger partial charge on any atom is 0.305 e. The van der Waals surface area contributed by atoms with E-state index in [1.54, 1.807) is 0 Å². The zero-order valence-corrected chi connectivity index (χ0v) is 17.9. The van der Waals surface area contributed by atoms with Crippen LogP contribution in [0, 0.1) is 17.5 Å². The second-order valence-corrected chi connectivity index (χ2v) is 9.49. The van der Waals surface area contributed by atoms with Gasteiger partial charge in [0.1, 0.15) is 22.3 Å². The van der Waals surface area contributed by atoms with Crippen LogP contribution in [0.15, 0.2) is 65.6 Å². The predicted octanol–water partition coefficient (Wildman–Crippen LogP) is 3.80. The van der Waals surface area contributed by atoms with Crippen LogP contribution in [-0.2, 0) is 20.5 Å². The molecule has 0 atom stereocenters. The quantitative estimate of drug-likeness (QED) is 0.572. The van der Waals surface area contributed by atoms with Gasteiger partial charge in [-0.2, -0.15) is 4.31 Å². The monoisotopic (exact) mass is 477 g/mol. The van der Waals surface area contributed by atoms with Crippen molar-refractivity contribution in [1.82, 2.24) is 4.31 Å². The van der Waals surface area contributed by atoms with Crippen molar-refractivity contribution in [3.63, 3.8) is 0 Å². The van der Waals surface area contributed by atoms with Gasteiger partial charge in [-0.25, -0.2) is 21.6 Å². The number of sulfonamides is 1. The molecule has 0 saturated carbocycles. The number of morpholine rings is 1. The molecule has 2 heterocycles. The van der Waals surface area contributed by atoms with Gasteiger partial charge in [0.25, 0.3) is 0 Å². The lowest BCUT2D eigenvalue weighted by Gasteiger charge is -2.28. The van der Waals surface area contributed by atoms with Crippen LogP contribution in [0.5, 0.6) is 11.5 Å². The molecule has 0 aromatic heterocycles. The van der Waals surface area contributed by atoms with Crippen LogP contribution in [0.4, 0.5) is 13.2 Å². The second kappa shape index (κ2) is 8.05. The third-order valence-electron chi connectivity index (χ3n) is 5.54. The maximum atomic E-state index is 15.0. The maximum absolute atomic E-state index is 15.0. The van der Waals surface area contributed by atoms with Gasteiger partial charge >= 0.3 is 5.79 Å². The number of fused-ring (bicyclic) bond motifs is 1. The van der Waals surface area contributed by atoms with Gasteiger partial charge in [-0.15, -0.1) is 0 Å². The summed E-state index contributed by atoms with van der Waals surface area (Å²) in [5.74, 6) is -3.74. The van der Waals surface area contributed by atoms with Crippen molar-refractivity contribution >= 4 is 10.0 Å². The van der Waals surface area contributed by atoms with Crippen LogP contribution in [-0.4, -0.2) is 39.0 Å². The van der Waals surface area contributed by atoms with E-state index in [1.165, 1.54) is 48.5 Å². The van der Waals surface area contributed by atoms with Gasteiger partial charge in [-0.1, -0.05) is 0 Å². The van der Waals surface area contributed by atoms with E-state index in [0.717, 1.165) is 16.4 Å². The largest absolute Gasteiger partial charge is 0.440 e. The minimum absolute atomic E-state index is 0.0168. The summed E-state index contributed by atoms with van der Waals surface area (Å²) in [6.07, 6.45) is 0. The highest BCUT2D eigenvalue weighted by Crippen LogP contribution is 2.49. The number of hydrogen-bond acceptors (Lipinski definition) is 5. The minimum Gasteiger partial charge on any atom is -0.440 e. The zero-order chi connectivity index (χ0) is 23.2.